The lowest BCUT2D eigenvalue weighted by molar-refractivity contribution is -0.128. The zero-order chi connectivity index (χ0) is 17.4. The van der Waals surface area contributed by atoms with Crippen LogP contribution in [0.2, 0.25) is 0 Å². The first-order valence-corrected chi connectivity index (χ1v) is 8.77. The lowest BCUT2D eigenvalue weighted by atomic mass is 9.97. The number of carbonyl (C=O) groups excluding carboxylic acids is 1. The van der Waals surface area contributed by atoms with Gasteiger partial charge in [-0.3, -0.25) is 4.79 Å². The van der Waals surface area contributed by atoms with E-state index in [1.54, 1.807) is 23.1 Å². The number of likely N-dealkylation sites (tertiary alicyclic amines) is 1. The summed E-state index contributed by atoms with van der Waals surface area (Å²) in [5.74, 6) is 0.176. The van der Waals surface area contributed by atoms with Crippen LogP contribution in [-0.2, 0) is 15.9 Å². The van der Waals surface area contributed by atoms with Gasteiger partial charge in [0.15, 0.2) is 11.1 Å². The Kier molecular flexibility index (Phi) is 8.16. The van der Waals surface area contributed by atoms with E-state index in [1.807, 2.05) is 13.8 Å². The van der Waals surface area contributed by atoms with Crippen LogP contribution in [0.4, 0.5) is 0 Å². The van der Waals surface area contributed by atoms with Gasteiger partial charge in [-0.25, -0.2) is 4.21 Å². The standard InChI is InChI=1S/C17H25NO4S/c1-4-16(7-10-23(21)22)13(2)11-14(3)17(20)18-8-5-15(12-19)6-9-18/h4,7,10-11,15,19H,3,5-6,8-9,12H2,1-2H3,(H,21,22)/b10-7+,13-11-,16-4?. The lowest BCUT2D eigenvalue weighted by Gasteiger charge is -2.31. The number of allylic oxidation sites excluding steroid dienone is 4. The maximum absolute atomic E-state index is 12.4. The van der Waals surface area contributed by atoms with Crippen molar-refractivity contribution in [3.63, 3.8) is 0 Å². The Labute approximate surface area is 140 Å². The minimum Gasteiger partial charge on any atom is -0.396 e. The monoisotopic (exact) mass is 339 g/mol. The molecule has 1 aliphatic heterocycles. The van der Waals surface area contributed by atoms with E-state index in [4.69, 9.17) is 9.66 Å². The molecule has 0 aliphatic carbocycles. The van der Waals surface area contributed by atoms with Crippen molar-refractivity contribution in [3.05, 3.63) is 46.9 Å². The molecular weight excluding hydrogens is 314 g/mol. The highest BCUT2D eigenvalue weighted by Gasteiger charge is 2.23. The fraction of sp³-hybridized carbons (Fsp3) is 0.471. The number of hydrogen-bond acceptors (Lipinski definition) is 3. The van der Waals surface area contributed by atoms with Crippen molar-refractivity contribution in [2.24, 2.45) is 5.92 Å². The Bertz CT molecular complexity index is 555. The fourth-order valence-electron chi connectivity index (χ4n) is 2.51. The molecule has 0 radical (unpaired) electrons. The SMILES string of the molecule is C=C(/C=C(/C)C(=CC)/C=C/S(=O)O)C(=O)N1CCC(CO)CC1. The third-order valence-electron chi connectivity index (χ3n) is 3.96. The molecule has 1 unspecified atom stereocenters. The molecule has 0 saturated carbocycles. The maximum atomic E-state index is 12.4. The van der Waals surface area contributed by atoms with Gasteiger partial charge in [-0.15, -0.1) is 0 Å². The van der Waals surface area contributed by atoms with Gasteiger partial charge in [-0.2, -0.15) is 0 Å². The van der Waals surface area contributed by atoms with Gasteiger partial charge in [-0.1, -0.05) is 12.7 Å². The normalized spacial score (nSPS) is 19.2. The first-order chi connectivity index (χ1) is 10.9. The van der Waals surface area contributed by atoms with Crippen LogP contribution < -0.4 is 0 Å². The van der Waals surface area contributed by atoms with Crippen molar-refractivity contribution >= 4 is 17.0 Å². The summed E-state index contributed by atoms with van der Waals surface area (Å²) in [7, 11) is 0. The average Bonchev–Trinajstić information content (AvgIpc) is 2.54. The molecule has 0 spiro atoms. The molecule has 2 N–H and O–H groups in total. The Morgan fingerprint density at radius 2 is 2.00 bits per heavy atom. The van der Waals surface area contributed by atoms with E-state index in [9.17, 15) is 9.00 Å². The van der Waals surface area contributed by atoms with Crippen LogP contribution in [0.5, 0.6) is 0 Å². The van der Waals surface area contributed by atoms with E-state index in [0.29, 0.717) is 18.7 Å². The van der Waals surface area contributed by atoms with Gasteiger partial charge < -0.3 is 14.6 Å². The Hall–Kier alpha value is -1.50. The van der Waals surface area contributed by atoms with Crippen molar-refractivity contribution in [1.29, 1.82) is 0 Å². The van der Waals surface area contributed by atoms with E-state index in [1.165, 1.54) is 5.41 Å². The molecule has 1 saturated heterocycles. The Morgan fingerprint density at radius 1 is 1.39 bits per heavy atom. The van der Waals surface area contributed by atoms with Crippen molar-refractivity contribution in [3.8, 4) is 0 Å². The van der Waals surface area contributed by atoms with Crippen LogP contribution in [-0.4, -0.2) is 44.4 Å². The first-order valence-electron chi connectivity index (χ1n) is 7.61. The minimum absolute atomic E-state index is 0.106. The second kappa shape index (κ2) is 9.60. The molecule has 23 heavy (non-hydrogen) atoms. The van der Waals surface area contributed by atoms with E-state index < -0.39 is 11.1 Å². The summed E-state index contributed by atoms with van der Waals surface area (Å²) < 4.78 is 19.5. The number of amides is 1. The predicted octanol–water partition coefficient (Wildman–Crippen LogP) is 2.40. The second-order valence-corrected chi connectivity index (χ2v) is 6.42. The zero-order valence-corrected chi connectivity index (χ0v) is 14.5. The number of aliphatic hydroxyl groups is 1. The molecule has 0 bridgehead atoms. The van der Waals surface area contributed by atoms with E-state index in [0.717, 1.165) is 24.0 Å². The highest BCUT2D eigenvalue weighted by Crippen LogP contribution is 2.19. The van der Waals surface area contributed by atoms with Crippen LogP contribution in [0.3, 0.4) is 0 Å². The minimum atomic E-state index is -2.00. The maximum Gasteiger partial charge on any atom is 0.253 e. The molecule has 1 aliphatic rings. The Morgan fingerprint density at radius 3 is 2.48 bits per heavy atom. The van der Waals surface area contributed by atoms with Crippen molar-refractivity contribution in [2.75, 3.05) is 19.7 Å². The summed E-state index contributed by atoms with van der Waals surface area (Å²) in [6, 6.07) is 0. The van der Waals surface area contributed by atoms with E-state index in [2.05, 4.69) is 6.58 Å². The van der Waals surface area contributed by atoms with E-state index >= 15 is 0 Å². The second-order valence-electron chi connectivity index (χ2n) is 5.59. The number of aliphatic hydroxyl groups excluding tert-OH is 1. The summed E-state index contributed by atoms with van der Waals surface area (Å²) in [6.07, 6.45) is 6.67. The molecule has 128 valence electrons. The molecule has 1 fully saturated rings. The third kappa shape index (κ3) is 6.25. The van der Waals surface area contributed by atoms with Crippen LogP contribution in [0, 0.1) is 5.92 Å². The number of nitrogens with zero attached hydrogens (tertiary/aromatic N) is 1. The first kappa shape index (κ1) is 19.5. The molecular formula is C17H25NO4S. The highest BCUT2D eigenvalue weighted by molar-refractivity contribution is 7.82. The quantitative estimate of drug-likeness (QED) is 0.442. The van der Waals surface area contributed by atoms with Gasteiger partial charge >= 0.3 is 0 Å². The van der Waals surface area contributed by atoms with Gasteiger partial charge in [0, 0.05) is 30.7 Å². The molecule has 6 heteroatoms. The van der Waals surface area contributed by atoms with Crippen molar-refractivity contribution in [1.82, 2.24) is 4.90 Å². The topological polar surface area (TPSA) is 77.8 Å². The summed E-state index contributed by atoms with van der Waals surface area (Å²) in [6.45, 7) is 8.94. The van der Waals surface area contributed by atoms with Gasteiger partial charge in [0.25, 0.3) is 5.91 Å². The molecule has 1 heterocycles. The summed E-state index contributed by atoms with van der Waals surface area (Å²) in [5.41, 5.74) is 1.96. The lowest BCUT2D eigenvalue weighted by Crippen LogP contribution is -2.39. The molecule has 1 atom stereocenters. The predicted molar refractivity (Wildman–Crippen MR) is 93.0 cm³/mol. The zero-order valence-electron chi connectivity index (χ0n) is 13.7. The smallest absolute Gasteiger partial charge is 0.253 e. The van der Waals surface area contributed by atoms with Crippen LogP contribution in [0.1, 0.15) is 26.7 Å². The van der Waals surface area contributed by atoms with Gasteiger partial charge in [0.1, 0.15) is 0 Å². The average molecular weight is 339 g/mol. The van der Waals surface area contributed by atoms with Gasteiger partial charge in [0.2, 0.25) is 0 Å². The molecule has 0 aromatic carbocycles. The summed E-state index contributed by atoms with van der Waals surface area (Å²) >= 11 is -2.00. The highest BCUT2D eigenvalue weighted by atomic mass is 32.2. The largest absolute Gasteiger partial charge is 0.396 e. The summed E-state index contributed by atoms with van der Waals surface area (Å²) in [5, 5.41) is 10.3. The van der Waals surface area contributed by atoms with Gasteiger partial charge in [0.05, 0.1) is 0 Å². The molecule has 5 nitrogen and oxygen atoms in total. The van der Waals surface area contributed by atoms with Crippen molar-refractivity contribution < 1.29 is 18.7 Å². The van der Waals surface area contributed by atoms with Crippen molar-refractivity contribution in [2.45, 2.75) is 26.7 Å². The summed E-state index contributed by atoms with van der Waals surface area (Å²) in [4.78, 5) is 14.2. The third-order valence-corrected chi connectivity index (χ3v) is 4.32. The Balaban J connectivity index is 2.72. The molecule has 1 rings (SSSR count). The number of carbonyl (C=O) groups is 1. The number of hydrogen-bond donors (Lipinski definition) is 2. The van der Waals surface area contributed by atoms with Gasteiger partial charge in [-0.05, 0) is 55.9 Å². The number of piperidine rings is 1. The fourth-order valence-corrected chi connectivity index (χ4v) is 2.78. The molecule has 0 aromatic rings. The van der Waals surface area contributed by atoms with Crippen LogP contribution in [0.15, 0.2) is 46.9 Å². The molecule has 0 aromatic heterocycles. The van der Waals surface area contributed by atoms with Crippen LogP contribution in [0.25, 0.3) is 0 Å². The van der Waals surface area contributed by atoms with E-state index in [-0.39, 0.29) is 18.4 Å². The van der Waals surface area contributed by atoms with Crippen LogP contribution >= 0.6 is 0 Å². The molecule has 1 amide bonds. The number of rotatable bonds is 6.